The maximum absolute atomic E-state index is 11.8. The van der Waals surface area contributed by atoms with Crippen LogP contribution in [0.1, 0.15) is 51.3 Å². The van der Waals surface area contributed by atoms with Crippen LogP contribution in [0.25, 0.3) is 5.57 Å². The van der Waals surface area contributed by atoms with Gasteiger partial charge in [-0.15, -0.1) is 0 Å². The lowest BCUT2D eigenvalue weighted by atomic mass is 9.83. The summed E-state index contributed by atoms with van der Waals surface area (Å²) in [6.45, 7) is 13.9. The molecule has 1 aliphatic heterocycles. The third kappa shape index (κ3) is 2.35. The first-order chi connectivity index (χ1) is 9.48. The monoisotopic (exact) mass is 287 g/mol. The summed E-state index contributed by atoms with van der Waals surface area (Å²) in [7, 11) is 0. The molecule has 0 saturated carbocycles. The van der Waals surface area contributed by atoms with E-state index in [2.05, 4.69) is 52.8 Å². The van der Waals surface area contributed by atoms with Gasteiger partial charge < -0.3 is 10.0 Å². The number of carboxylic acids is 1. The third-order valence-electron chi connectivity index (χ3n) is 4.51. The van der Waals surface area contributed by atoms with E-state index in [1.54, 1.807) is 13.8 Å². The van der Waals surface area contributed by atoms with Crippen molar-refractivity contribution in [3.8, 4) is 0 Å². The van der Waals surface area contributed by atoms with Gasteiger partial charge in [-0.1, -0.05) is 6.08 Å². The first kappa shape index (κ1) is 15.6. The smallest absolute Gasteiger partial charge is 0.328 e. The minimum atomic E-state index is -0.975. The zero-order chi connectivity index (χ0) is 16.2. The highest BCUT2D eigenvalue weighted by Gasteiger charge is 2.44. The molecule has 3 nitrogen and oxygen atoms in total. The van der Waals surface area contributed by atoms with Crippen LogP contribution < -0.4 is 4.90 Å². The van der Waals surface area contributed by atoms with Gasteiger partial charge in [0.25, 0.3) is 0 Å². The van der Waals surface area contributed by atoms with E-state index in [1.165, 1.54) is 16.7 Å². The van der Waals surface area contributed by atoms with Gasteiger partial charge in [0.2, 0.25) is 0 Å². The summed E-state index contributed by atoms with van der Waals surface area (Å²) in [5.74, 6) is -0.812. The molecule has 0 unspecified atom stereocenters. The maximum atomic E-state index is 11.8. The molecule has 0 amide bonds. The number of hydrogen-bond donors (Lipinski definition) is 1. The molecule has 0 aromatic heterocycles. The van der Waals surface area contributed by atoms with Crippen molar-refractivity contribution in [2.45, 2.75) is 59.5 Å². The first-order valence-electron chi connectivity index (χ1n) is 7.33. The van der Waals surface area contributed by atoms with Gasteiger partial charge in [0, 0.05) is 11.3 Å². The molecule has 1 aromatic rings. The zero-order valence-corrected chi connectivity index (χ0v) is 14.0. The van der Waals surface area contributed by atoms with E-state index < -0.39 is 11.5 Å². The predicted molar refractivity (Wildman–Crippen MR) is 87.8 cm³/mol. The van der Waals surface area contributed by atoms with E-state index in [0.717, 1.165) is 11.3 Å². The van der Waals surface area contributed by atoms with Crippen LogP contribution in [0.4, 0.5) is 5.69 Å². The Kier molecular flexibility index (Phi) is 3.43. The van der Waals surface area contributed by atoms with Crippen LogP contribution in [0.5, 0.6) is 0 Å². The summed E-state index contributed by atoms with van der Waals surface area (Å²) in [6.07, 6.45) is 2.16. The normalized spacial score (nSPS) is 17.3. The van der Waals surface area contributed by atoms with Crippen molar-refractivity contribution in [1.29, 1.82) is 0 Å². The predicted octanol–water partition coefficient (Wildman–Crippen LogP) is 4.17. The van der Waals surface area contributed by atoms with Crippen LogP contribution in [0.3, 0.4) is 0 Å². The second-order valence-electron chi connectivity index (χ2n) is 7.13. The number of hydrogen-bond acceptors (Lipinski definition) is 2. The van der Waals surface area contributed by atoms with Gasteiger partial charge in [0.1, 0.15) is 5.54 Å². The average Bonchev–Trinajstić information content (AvgIpc) is 2.30. The molecule has 2 rings (SSSR count). The van der Waals surface area contributed by atoms with Gasteiger partial charge in [-0.25, -0.2) is 4.79 Å². The Morgan fingerprint density at radius 1 is 1.14 bits per heavy atom. The molecule has 0 atom stereocenters. The molecule has 0 bridgehead atoms. The number of nitrogens with zero attached hydrogens (tertiary/aromatic N) is 1. The molecule has 0 radical (unpaired) electrons. The van der Waals surface area contributed by atoms with Crippen molar-refractivity contribution in [1.82, 2.24) is 0 Å². The van der Waals surface area contributed by atoms with E-state index in [-0.39, 0.29) is 5.54 Å². The highest BCUT2D eigenvalue weighted by atomic mass is 16.4. The topological polar surface area (TPSA) is 40.5 Å². The first-order valence-corrected chi connectivity index (χ1v) is 7.33. The summed E-state index contributed by atoms with van der Waals surface area (Å²) >= 11 is 0. The summed E-state index contributed by atoms with van der Waals surface area (Å²) in [6, 6.07) is 4.28. The van der Waals surface area contributed by atoms with E-state index in [4.69, 9.17) is 0 Å². The standard InChI is InChI=1S/C18H25NO2/c1-11-8-14-13(3)10-17(4,5)19(15(14)9-12(11)2)18(6,7)16(20)21/h8-10H,1-7H3,(H,20,21). The molecular weight excluding hydrogens is 262 g/mol. The number of rotatable bonds is 2. The Morgan fingerprint density at radius 3 is 2.19 bits per heavy atom. The molecule has 0 aliphatic carbocycles. The Labute approximate surface area is 127 Å². The number of fused-ring (bicyclic) bond motifs is 1. The molecule has 114 valence electrons. The fraction of sp³-hybridized carbons (Fsp3) is 0.500. The number of anilines is 1. The molecule has 1 N–H and O–H groups in total. The second kappa shape index (κ2) is 4.62. The number of aliphatic carboxylic acids is 1. The minimum Gasteiger partial charge on any atom is -0.480 e. The third-order valence-corrected chi connectivity index (χ3v) is 4.51. The van der Waals surface area contributed by atoms with Crippen LogP contribution in [-0.4, -0.2) is 22.2 Å². The Hall–Kier alpha value is -1.77. The molecule has 21 heavy (non-hydrogen) atoms. The van der Waals surface area contributed by atoms with Crippen LogP contribution >= 0.6 is 0 Å². The Bertz CT molecular complexity index is 639. The van der Waals surface area contributed by atoms with Gasteiger partial charge in [-0.05, 0) is 77.3 Å². The SMILES string of the molecule is CC1=CC(C)(C)N(C(C)(C)C(=O)O)c2cc(C)c(C)cc21. The van der Waals surface area contributed by atoms with Crippen molar-refractivity contribution >= 4 is 17.2 Å². The van der Waals surface area contributed by atoms with Crippen molar-refractivity contribution in [3.63, 3.8) is 0 Å². The minimum absolute atomic E-state index is 0.347. The maximum Gasteiger partial charge on any atom is 0.328 e. The quantitative estimate of drug-likeness (QED) is 0.887. The Morgan fingerprint density at radius 2 is 1.67 bits per heavy atom. The Balaban J connectivity index is 2.78. The van der Waals surface area contributed by atoms with Gasteiger partial charge in [-0.2, -0.15) is 0 Å². The van der Waals surface area contributed by atoms with Crippen LogP contribution in [0, 0.1) is 13.8 Å². The van der Waals surface area contributed by atoms with Crippen LogP contribution in [0.15, 0.2) is 18.2 Å². The average molecular weight is 287 g/mol. The fourth-order valence-electron chi connectivity index (χ4n) is 3.40. The molecule has 0 spiro atoms. The molecule has 1 aliphatic rings. The molecule has 3 heteroatoms. The number of allylic oxidation sites excluding steroid dienone is 1. The molecule has 1 heterocycles. The molecule has 0 saturated heterocycles. The van der Waals surface area contributed by atoms with Crippen molar-refractivity contribution in [2.75, 3.05) is 4.90 Å². The van der Waals surface area contributed by atoms with Gasteiger partial charge >= 0.3 is 5.97 Å². The van der Waals surface area contributed by atoms with Crippen molar-refractivity contribution in [3.05, 3.63) is 34.9 Å². The fourth-order valence-corrected chi connectivity index (χ4v) is 3.40. The zero-order valence-electron chi connectivity index (χ0n) is 14.0. The number of carboxylic acid groups (broad SMARTS) is 1. The lowest BCUT2D eigenvalue weighted by Gasteiger charge is -2.50. The summed E-state index contributed by atoms with van der Waals surface area (Å²) < 4.78 is 0. The van der Waals surface area contributed by atoms with Crippen molar-refractivity contribution < 1.29 is 9.90 Å². The van der Waals surface area contributed by atoms with Gasteiger partial charge in [0.15, 0.2) is 0 Å². The van der Waals surface area contributed by atoms with Gasteiger partial charge in [0.05, 0.1) is 5.54 Å². The number of carbonyl (C=O) groups is 1. The number of benzene rings is 1. The van der Waals surface area contributed by atoms with Crippen LogP contribution in [0.2, 0.25) is 0 Å². The molecule has 1 aromatic carbocycles. The van der Waals surface area contributed by atoms with E-state index in [9.17, 15) is 9.90 Å². The highest BCUT2D eigenvalue weighted by molar-refractivity contribution is 5.89. The largest absolute Gasteiger partial charge is 0.480 e. The van der Waals surface area contributed by atoms with Crippen molar-refractivity contribution in [2.24, 2.45) is 0 Å². The van der Waals surface area contributed by atoms with Crippen LogP contribution in [-0.2, 0) is 4.79 Å². The van der Waals surface area contributed by atoms with E-state index >= 15 is 0 Å². The summed E-state index contributed by atoms with van der Waals surface area (Å²) in [4.78, 5) is 13.8. The van der Waals surface area contributed by atoms with Gasteiger partial charge in [-0.3, -0.25) is 0 Å². The van der Waals surface area contributed by atoms with E-state index in [1.807, 2.05) is 4.90 Å². The lowest BCUT2D eigenvalue weighted by Crippen LogP contribution is -2.60. The summed E-state index contributed by atoms with van der Waals surface area (Å²) in [5.41, 5.74) is 4.44. The van der Waals surface area contributed by atoms with E-state index in [0.29, 0.717) is 0 Å². The molecule has 0 fully saturated rings. The highest BCUT2D eigenvalue weighted by Crippen LogP contribution is 2.44. The summed E-state index contributed by atoms with van der Waals surface area (Å²) in [5, 5.41) is 9.68. The molecular formula is C18H25NO2. The second-order valence-corrected chi connectivity index (χ2v) is 7.13. The lowest BCUT2D eigenvalue weighted by molar-refractivity contribution is -0.142. The number of aryl methyl sites for hydroxylation is 2.